The molecule has 1 aliphatic heterocycles. The van der Waals surface area contributed by atoms with E-state index in [9.17, 15) is 10.1 Å². The summed E-state index contributed by atoms with van der Waals surface area (Å²) < 4.78 is 10.9. The largest absolute Gasteiger partial charge is 0.493 e. The van der Waals surface area contributed by atoms with Crippen LogP contribution in [0.5, 0.6) is 11.5 Å². The van der Waals surface area contributed by atoms with Gasteiger partial charge in [0.15, 0.2) is 18.1 Å². The smallest absolute Gasteiger partial charge is 0.260 e. The Bertz CT molecular complexity index is 837. The lowest BCUT2D eigenvalue weighted by atomic mass is 10.0. The summed E-state index contributed by atoms with van der Waals surface area (Å²) in [6.45, 7) is 4.48. The highest BCUT2D eigenvalue weighted by Gasteiger charge is 2.27. The molecular weight excluding hydrogens is 354 g/mol. The van der Waals surface area contributed by atoms with Gasteiger partial charge in [0, 0.05) is 26.2 Å². The van der Waals surface area contributed by atoms with Crippen LogP contribution in [0, 0.1) is 18.3 Å². The van der Waals surface area contributed by atoms with Gasteiger partial charge >= 0.3 is 0 Å². The first-order valence-electron chi connectivity index (χ1n) is 9.36. The molecule has 0 bridgehead atoms. The van der Waals surface area contributed by atoms with Crippen LogP contribution in [-0.4, -0.2) is 55.6 Å². The summed E-state index contributed by atoms with van der Waals surface area (Å²) in [6.07, 6.45) is 0. The average molecular weight is 379 g/mol. The minimum atomic E-state index is -0.289. The maximum absolute atomic E-state index is 12.5. The molecule has 1 unspecified atom stereocenters. The van der Waals surface area contributed by atoms with Crippen molar-refractivity contribution in [1.82, 2.24) is 9.80 Å². The first-order chi connectivity index (χ1) is 13.6. The number of nitriles is 1. The number of carbonyl (C=O) groups excluding carboxylic acids is 1. The Kier molecular flexibility index (Phi) is 6.51. The van der Waals surface area contributed by atoms with Gasteiger partial charge in [0.25, 0.3) is 5.91 Å². The van der Waals surface area contributed by atoms with E-state index in [1.807, 2.05) is 43.3 Å². The number of ether oxygens (including phenoxy) is 2. The van der Waals surface area contributed by atoms with Gasteiger partial charge in [-0.2, -0.15) is 5.26 Å². The van der Waals surface area contributed by atoms with E-state index in [0.717, 1.165) is 5.56 Å². The molecule has 6 heteroatoms. The van der Waals surface area contributed by atoms with Gasteiger partial charge in [0.2, 0.25) is 0 Å². The number of aryl methyl sites for hydroxylation is 1. The van der Waals surface area contributed by atoms with Crippen LogP contribution >= 0.6 is 0 Å². The molecule has 0 radical (unpaired) electrons. The van der Waals surface area contributed by atoms with Gasteiger partial charge in [-0.1, -0.05) is 42.0 Å². The van der Waals surface area contributed by atoms with Crippen LogP contribution in [0.3, 0.4) is 0 Å². The van der Waals surface area contributed by atoms with Crippen LogP contribution < -0.4 is 9.47 Å². The number of nitrogens with zero attached hydrogens (tertiary/aromatic N) is 3. The maximum atomic E-state index is 12.5. The number of hydrogen-bond acceptors (Lipinski definition) is 5. The molecule has 1 saturated heterocycles. The zero-order valence-electron chi connectivity index (χ0n) is 16.3. The Hall–Kier alpha value is -3.04. The molecule has 28 heavy (non-hydrogen) atoms. The van der Waals surface area contributed by atoms with Crippen molar-refractivity contribution in [2.24, 2.45) is 0 Å². The SMILES string of the molecule is COc1ccccc1OCC(=O)N1CCN(C(C#N)c2ccc(C)cc2)CC1. The fourth-order valence-electron chi connectivity index (χ4n) is 3.31. The highest BCUT2D eigenvalue weighted by molar-refractivity contribution is 5.78. The first kappa shape index (κ1) is 19.7. The van der Waals surface area contributed by atoms with Gasteiger partial charge in [-0.05, 0) is 24.6 Å². The van der Waals surface area contributed by atoms with E-state index in [-0.39, 0.29) is 18.6 Å². The lowest BCUT2D eigenvalue weighted by Gasteiger charge is -2.37. The second-order valence-electron chi connectivity index (χ2n) is 6.80. The van der Waals surface area contributed by atoms with Crippen LogP contribution in [0.1, 0.15) is 17.2 Å². The molecule has 2 aromatic rings. The van der Waals surface area contributed by atoms with E-state index in [1.165, 1.54) is 5.56 Å². The first-order valence-corrected chi connectivity index (χ1v) is 9.36. The van der Waals surface area contributed by atoms with Crippen LogP contribution in [0.15, 0.2) is 48.5 Å². The summed E-state index contributed by atoms with van der Waals surface area (Å²) in [4.78, 5) is 16.4. The zero-order chi connectivity index (χ0) is 19.9. The Morgan fingerprint density at radius 1 is 1.07 bits per heavy atom. The standard InChI is InChI=1S/C22H25N3O3/c1-17-7-9-18(10-8-17)19(15-23)24-11-13-25(14-12-24)22(26)16-28-21-6-4-3-5-20(21)27-2/h3-10,19H,11-14,16H2,1-2H3. The summed E-state index contributed by atoms with van der Waals surface area (Å²) in [5, 5.41) is 9.63. The number of rotatable bonds is 6. The van der Waals surface area contributed by atoms with Gasteiger partial charge in [-0.15, -0.1) is 0 Å². The number of amides is 1. The Balaban J connectivity index is 1.53. The Labute approximate surface area is 165 Å². The minimum absolute atomic E-state index is 0.0278. The predicted octanol–water partition coefficient (Wildman–Crippen LogP) is 2.79. The van der Waals surface area contributed by atoms with Crippen LogP contribution in [0.4, 0.5) is 0 Å². The Morgan fingerprint density at radius 3 is 2.32 bits per heavy atom. The summed E-state index contributed by atoms with van der Waals surface area (Å²) in [6, 6.07) is 17.4. The third kappa shape index (κ3) is 4.62. The normalized spacial score (nSPS) is 15.5. The molecule has 1 heterocycles. The highest BCUT2D eigenvalue weighted by atomic mass is 16.5. The summed E-state index contributed by atoms with van der Waals surface area (Å²) in [5.41, 5.74) is 2.17. The number of hydrogen-bond donors (Lipinski definition) is 0. The second kappa shape index (κ2) is 9.25. The number of piperazine rings is 1. The third-order valence-corrected chi connectivity index (χ3v) is 4.97. The zero-order valence-corrected chi connectivity index (χ0v) is 16.3. The highest BCUT2D eigenvalue weighted by Crippen LogP contribution is 2.26. The summed E-state index contributed by atoms with van der Waals surface area (Å²) in [5.74, 6) is 1.10. The fourth-order valence-corrected chi connectivity index (χ4v) is 3.31. The maximum Gasteiger partial charge on any atom is 0.260 e. The third-order valence-electron chi connectivity index (χ3n) is 4.97. The number of methoxy groups -OCH3 is 1. The van der Waals surface area contributed by atoms with Crippen LogP contribution in [0.25, 0.3) is 0 Å². The van der Waals surface area contributed by atoms with Crippen molar-refractivity contribution in [2.45, 2.75) is 13.0 Å². The average Bonchev–Trinajstić information content (AvgIpc) is 2.74. The van der Waals surface area contributed by atoms with Crippen molar-refractivity contribution in [2.75, 3.05) is 39.9 Å². The van der Waals surface area contributed by atoms with Gasteiger partial charge in [-0.3, -0.25) is 9.69 Å². The van der Waals surface area contributed by atoms with E-state index < -0.39 is 0 Å². The molecule has 0 spiro atoms. The Morgan fingerprint density at radius 2 is 1.71 bits per heavy atom. The topological polar surface area (TPSA) is 65.8 Å². The van der Waals surface area contributed by atoms with Crippen molar-refractivity contribution < 1.29 is 14.3 Å². The molecule has 1 fully saturated rings. The van der Waals surface area contributed by atoms with Gasteiger partial charge in [0.1, 0.15) is 6.04 Å². The predicted molar refractivity (Wildman–Crippen MR) is 106 cm³/mol. The molecule has 146 valence electrons. The van der Waals surface area contributed by atoms with Crippen molar-refractivity contribution in [3.63, 3.8) is 0 Å². The van der Waals surface area contributed by atoms with Crippen LogP contribution in [-0.2, 0) is 4.79 Å². The molecule has 2 aromatic carbocycles. The van der Waals surface area contributed by atoms with Crippen molar-refractivity contribution in [3.05, 3.63) is 59.7 Å². The molecule has 6 nitrogen and oxygen atoms in total. The van der Waals surface area contributed by atoms with Crippen molar-refractivity contribution in [3.8, 4) is 17.6 Å². The van der Waals surface area contributed by atoms with Crippen LogP contribution in [0.2, 0.25) is 0 Å². The summed E-state index contributed by atoms with van der Waals surface area (Å²) in [7, 11) is 1.57. The molecule has 1 atom stereocenters. The lowest BCUT2D eigenvalue weighted by molar-refractivity contribution is -0.135. The van der Waals surface area contributed by atoms with E-state index in [0.29, 0.717) is 37.7 Å². The molecule has 1 aliphatic rings. The molecular formula is C22H25N3O3. The van der Waals surface area contributed by atoms with Crippen molar-refractivity contribution >= 4 is 5.91 Å². The number of para-hydroxylation sites is 2. The van der Waals surface area contributed by atoms with Gasteiger partial charge in [0.05, 0.1) is 13.2 Å². The molecule has 0 aromatic heterocycles. The number of benzene rings is 2. The molecule has 0 aliphatic carbocycles. The summed E-state index contributed by atoms with van der Waals surface area (Å²) >= 11 is 0. The molecule has 3 rings (SSSR count). The quantitative estimate of drug-likeness (QED) is 0.772. The lowest BCUT2D eigenvalue weighted by Crippen LogP contribution is -2.50. The van der Waals surface area contributed by atoms with Crippen molar-refractivity contribution in [1.29, 1.82) is 5.26 Å². The van der Waals surface area contributed by atoms with Gasteiger partial charge in [-0.25, -0.2) is 0 Å². The monoisotopic (exact) mass is 379 g/mol. The second-order valence-corrected chi connectivity index (χ2v) is 6.80. The van der Waals surface area contributed by atoms with E-state index in [1.54, 1.807) is 24.1 Å². The number of carbonyl (C=O) groups is 1. The van der Waals surface area contributed by atoms with E-state index in [2.05, 4.69) is 11.0 Å². The van der Waals surface area contributed by atoms with E-state index in [4.69, 9.17) is 9.47 Å². The fraction of sp³-hybridized carbons (Fsp3) is 0.364. The molecule has 0 N–H and O–H groups in total. The molecule has 1 amide bonds. The van der Waals surface area contributed by atoms with Gasteiger partial charge < -0.3 is 14.4 Å². The minimum Gasteiger partial charge on any atom is -0.493 e. The molecule has 0 saturated carbocycles. The van der Waals surface area contributed by atoms with E-state index >= 15 is 0 Å².